The lowest BCUT2D eigenvalue weighted by molar-refractivity contribution is 0.423. The Hall–Kier alpha value is -0.580. The van der Waals surface area contributed by atoms with Crippen LogP contribution in [0.2, 0.25) is 5.02 Å². The fraction of sp³-hybridized carbons (Fsp3) is 0.538. The molecule has 0 amide bonds. The number of piperidine rings is 1. The summed E-state index contributed by atoms with van der Waals surface area (Å²) in [6, 6.07) is 7.22. The van der Waals surface area contributed by atoms with Gasteiger partial charge in [-0.1, -0.05) is 36.2 Å². The molecule has 1 saturated heterocycles. The third-order valence-corrected chi connectivity index (χ3v) is 5.23. The van der Waals surface area contributed by atoms with E-state index >= 15 is 0 Å². The highest BCUT2D eigenvalue weighted by Gasteiger charge is 2.21. The van der Waals surface area contributed by atoms with Crippen LogP contribution < -0.4 is 5.32 Å². The van der Waals surface area contributed by atoms with Crippen molar-refractivity contribution in [3.05, 3.63) is 34.9 Å². The second-order valence-electron chi connectivity index (χ2n) is 4.79. The van der Waals surface area contributed by atoms with Gasteiger partial charge < -0.3 is 5.32 Å². The molecule has 1 N–H and O–H groups in total. The van der Waals surface area contributed by atoms with Crippen molar-refractivity contribution in [2.45, 2.75) is 31.1 Å². The van der Waals surface area contributed by atoms with E-state index in [-0.39, 0.29) is 17.5 Å². The molecule has 0 bridgehead atoms. The highest BCUT2D eigenvalue weighted by Crippen LogP contribution is 2.19. The van der Waals surface area contributed by atoms with Gasteiger partial charge in [0.15, 0.2) is 9.84 Å². The van der Waals surface area contributed by atoms with Crippen molar-refractivity contribution >= 4 is 21.4 Å². The van der Waals surface area contributed by atoms with Crippen LogP contribution in [0.3, 0.4) is 0 Å². The summed E-state index contributed by atoms with van der Waals surface area (Å²) >= 11 is 5.99. The van der Waals surface area contributed by atoms with Gasteiger partial charge in [0.25, 0.3) is 0 Å². The first-order valence-electron chi connectivity index (χ1n) is 6.24. The topological polar surface area (TPSA) is 46.2 Å². The molecule has 1 aromatic rings. The first-order chi connectivity index (χ1) is 8.57. The predicted octanol–water partition coefficient (Wildman–Crippen LogP) is 2.40. The number of halogens is 1. The number of sulfone groups is 1. The lowest BCUT2D eigenvalue weighted by Gasteiger charge is -2.23. The molecule has 18 heavy (non-hydrogen) atoms. The van der Waals surface area contributed by atoms with Crippen molar-refractivity contribution in [2.75, 3.05) is 12.3 Å². The predicted molar refractivity (Wildman–Crippen MR) is 74.6 cm³/mol. The molecule has 1 aliphatic heterocycles. The summed E-state index contributed by atoms with van der Waals surface area (Å²) in [7, 11) is -3.10. The molecular weight excluding hydrogens is 270 g/mol. The summed E-state index contributed by atoms with van der Waals surface area (Å²) in [5, 5.41) is 3.79. The minimum absolute atomic E-state index is 0.0326. The van der Waals surface area contributed by atoms with E-state index in [0.29, 0.717) is 10.6 Å². The van der Waals surface area contributed by atoms with Crippen molar-refractivity contribution in [3.8, 4) is 0 Å². The van der Waals surface area contributed by atoms with Crippen LogP contribution in [-0.2, 0) is 15.6 Å². The Morgan fingerprint density at radius 1 is 1.28 bits per heavy atom. The molecule has 0 saturated carbocycles. The fourth-order valence-corrected chi connectivity index (χ4v) is 4.31. The smallest absolute Gasteiger partial charge is 0.156 e. The zero-order valence-corrected chi connectivity index (χ0v) is 11.8. The Labute approximate surface area is 113 Å². The largest absolute Gasteiger partial charge is 0.313 e. The van der Waals surface area contributed by atoms with E-state index in [1.807, 2.05) is 6.07 Å². The summed E-state index contributed by atoms with van der Waals surface area (Å²) in [5.74, 6) is 0.239. The molecular formula is C13H18ClNO2S. The Morgan fingerprint density at radius 3 is 2.72 bits per heavy atom. The third kappa shape index (κ3) is 3.97. The van der Waals surface area contributed by atoms with E-state index in [1.54, 1.807) is 18.2 Å². The zero-order valence-electron chi connectivity index (χ0n) is 10.2. The van der Waals surface area contributed by atoms with Gasteiger partial charge in [0.1, 0.15) is 0 Å². The van der Waals surface area contributed by atoms with E-state index in [9.17, 15) is 8.42 Å². The molecule has 0 radical (unpaired) electrons. The maximum absolute atomic E-state index is 12.1. The van der Waals surface area contributed by atoms with E-state index in [2.05, 4.69) is 5.32 Å². The highest BCUT2D eigenvalue weighted by atomic mass is 35.5. The van der Waals surface area contributed by atoms with Crippen LogP contribution in [0.4, 0.5) is 0 Å². The minimum atomic E-state index is -3.10. The second kappa shape index (κ2) is 6.04. The number of hydrogen-bond acceptors (Lipinski definition) is 3. The van der Waals surface area contributed by atoms with E-state index < -0.39 is 9.84 Å². The van der Waals surface area contributed by atoms with Gasteiger partial charge in [0.2, 0.25) is 0 Å². The number of hydrogen-bond donors (Lipinski definition) is 1. The SMILES string of the molecule is O=S(=O)(Cc1ccccc1Cl)CC1CCCCN1. The van der Waals surface area contributed by atoms with Gasteiger partial charge >= 0.3 is 0 Å². The standard InChI is InChI=1S/C13H18ClNO2S/c14-13-7-2-1-5-11(13)9-18(16,17)10-12-6-3-4-8-15-12/h1-2,5,7,12,15H,3-4,6,8-10H2. The summed E-state index contributed by atoms with van der Waals surface area (Å²) in [6.07, 6.45) is 3.20. The van der Waals surface area contributed by atoms with Gasteiger partial charge in [-0.15, -0.1) is 0 Å². The Balaban J connectivity index is 2.01. The molecule has 0 aliphatic carbocycles. The van der Waals surface area contributed by atoms with Crippen molar-refractivity contribution in [1.29, 1.82) is 0 Å². The van der Waals surface area contributed by atoms with Crippen LogP contribution in [0.1, 0.15) is 24.8 Å². The van der Waals surface area contributed by atoms with Gasteiger partial charge in [0.05, 0.1) is 11.5 Å². The monoisotopic (exact) mass is 287 g/mol. The third-order valence-electron chi connectivity index (χ3n) is 3.20. The van der Waals surface area contributed by atoms with Crippen molar-refractivity contribution in [2.24, 2.45) is 0 Å². The van der Waals surface area contributed by atoms with Crippen LogP contribution in [0.15, 0.2) is 24.3 Å². The maximum atomic E-state index is 12.1. The van der Waals surface area contributed by atoms with E-state index in [4.69, 9.17) is 11.6 Å². The molecule has 0 aromatic heterocycles. The Morgan fingerprint density at radius 2 is 2.06 bits per heavy atom. The van der Waals surface area contributed by atoms with Crippen LogP contribution in [-0.4, -0.2) is 26.8 Å². The van der Waals surface area contributed by atoms with E-state index in [0.717, 1.165) is 25.8 Å². The average Bonchev–Trinajstić information content (AvgIpc) is 2.32. The molecule has 1 atom stereocenters. The zero-order chi connectivity index (χ0) is 13.0. The molecule has 1 aromatic carbocycles. The van der Waals surface area contributed by atoms with Crippen LogP contribution in [0.25, 0.3) is 0 Å². The normalized spacial score (nSPS) is 20.8. The van der Waals surface area contributed by atoms with Gasteiger partial charge in [-0.2, -0.15) is 0 Å². The Kier molecular flexibility index (Phi) is 4.65. The van der Waals surface area contributed by atoms with Crippen molar-refractivity contribution < 1.29 is 8.42 Å². The molecule has 1 heterocycles. The fourth-order valence-electron chi connectivity index (χ4n) is 2.28. The number of rotatable bonds is 4. The summed E-state index contributed by atoms with van der Waals surface area (Å²) in [5.41, 5.74) is 0.690. The first-order valence-corrected chi connectivity index (χ1v) is 8.44. The summed E-state index contributed by atoms with van der Waals surface area (Å²) in [6.45, 7) is 0.923. The minimum Gasteiger partial charge on any atom is -0.313 e. The highest BCUT2D eigenvalue weighted by molar-refractivity contribution is 7.90. The number of benzene rings is 1. The van der Waals surface area contributed by atoms with Crippen molar-refractivity contribution in [1.82, 2.24) is 5.32 Å². The quantitative estimate of drug-likeness (QED) is 0.925. The molecule has 1 fully saturated rings. The van der Waals surface area contributed by atoms with E-state index in [1.165, 1.54) is 0 Å². The molecule has 2 rings (SSSR count). The molecule has 100 valence electrons. The Bertz CT molecular complexity index is 495. The second-order valence-corrected chi connectivity index (χ2v) is 7.31. The molecule has 0 spiro atoms. The lowest BCUT2D eigenvalue weighted by atomic mass is 10.1. The van der Waals surface area contributed by atoms with Crippen molar-refractivity contribution in [3.63, 3.8) is 0 Å². The average molecular weight is 288 g/mol. The van der Waals surface area contributed by atoms with Gasteiger partial charge in [0, 0.05) is 11.1 Å². The number of nitrogens with one attached hydrogen (secondary N) is 1. The summed E-state index contributed by atoms with van der Waals surface area (Å²) < 4.78 is 24.2. The first kappa shape index (κ1) is 13.8. The lowest BCUT2D eigenvalue weighted by Crippen LogP contribution is -2.39. The van der Waals surface area contributed by atoms with Crippen LogP contribution in [0, 0.1) is 0 Å². The molecule has 5 heteroatoms. The summed E-state index contributed by atoms with van der Waals surface area (Å²) in [4.78, 5) is 0. The van der Waals surface area contributed by atoms with Crippen LogP contribution >= 0.6 is 11.6 Å². The van der Waals surface area contributed by atoms with Gasteiger partial charge in [-0.3, -0.25) is 0 Å². The molecule has 3 nitrogen and oxygen atoms in total. The maximum Gasteiger partial charge on any atom is 0.156 e. The van der Waals surface area contributed by atoms with Crippen LogP contribution in [0.5, 0.6) is 0 Å². The van der Waals surface area contributed by atoms with Gasteiger partial charge in [-0.05, 0) is 31.0 Å². The molecule has 1 aliphatic rings. The van der Waals surface area contributed by atoms with Gasteiger partial charge in [-0.25, -0.2) is 8.42 Å². The molecule has 1 unspecified atom stereocenters.